The summed E-state index contributed by atoms with van der Waals surface area (Å²) in [5, 5.41) is 0. The SMILES string of the molecule is CS(=O)(=O)Nc1ccc2[nH]c(=O)oc2c1. The van der Waals surface area contributed by atoms with Crippen LogP contribution in [0.15, 0.2) is 27.4 Å². The van der Waals surface area contributed by atoms with Crippen LogP contribution in [-0.4, -0.2) is 19.7 Å². The fourth-order valence-corrected chi connectivity index (χ4v) is 1.78. The van der Waals surface area contributed by atoms with Gasteiger partial charge in [-0.15, -0.1) is 0 Å². The zero-order chi connectivity index (χ0) is 11.1. The van der Waals surface area contributed by atoms with Crippen LogP contribution in [0.2, 0.25) is 0 Å². The molecule has 1 heterocycles. The Morgan fingerprint density at radius 2 is 2.13 bits per heavy atom. The van der Waals surface area contributed by atoms with E-state index in [0.717, 1.165) is 6.26 Å². The average molecular weight is 228 g/mol. The van der Waals surface area contributed by atoms with E-state index in [-0.39, 0.29) is 0 Å². The van der Waals surface area contributed by atoms with E-state index in [1.54, 1.807) is 6.07 Å². The van der Waals surface area contributed by atoms with Gasteiger partial charge in [0.2, 0.25) is 10.0 Å². The monoisotopic (exact) mass is 228 g/mol. The van der Waals surface area contributed by atoms with Gasteiger partial charge in [0, 0.05) is 6.07 Å². The van der Waals surface area contributed by atoms with E-state index in [0.29, 0.717) is 16.8 Å². The summed E-state index contributed by atoms with van der Waals surface area (Å²) in [6.45, 7) is 0. The van der Waals surface area contributed by atoms with Crippen molar-refractivity contribution in [3.05, 3.63) is 28.7 Å². The first kappa shape index (κ1) is 9.78. The number of sulfonamides is 1. The molecule has 2 N–H and O–H groups in total. The molecule has 15 heavy (non-hydrogen) atoms. The molecule has 1 aromatic heterocycles. The Balaban J connectivity index is 2.51. The lowest BCUT2D eigenvalue weighted by atomic mass is 10.3. The highest BCUT2D eigenvalue weighted by Crippen LogP contribution is 2.16. The van der Waals surface area contributed by atoms with Gasteiger partial charge in [-0.2, -0.15) is 0 Å². The van der Waals surface area contributed by atoms with Crippen molar-refractivity contribution < 1.29 is 12.8 Å². The number of anilines is 1. The molecule has 0 aliphatic rings. The lowest BCUT2D eigenvalue weighted by Crippen LogP contribution is -2.09. The van der Waals surface area contributed by atoms with Crippen LogP contribution in [0.4, 0.5) is 5.69 Å². The van der Waals surface area contributed by atoms with Crippen molar-refractivity contribution >= 4 is 26.8 Å². The van der Waals surface area contributed by atoms with Gasteiger partial charge in [0.1, 0.15) is 0 Å². The zero-order valence-electron chi connectivity index (χ0n) is 7.77. The van der Waals surface area contributed by atoms with Gasteiger partial charge in [-0.05, 0) is 12.1 Å². The van der Waals surface area contributed by atoms with Crippen molar-refractivity contribution in [1.29, 1.82) is 0 Å². The third kappa shape index (κ3) is 2.18. The van der Waals surface area contributed by atoms with Crippen molar-refractivity contribution in [1.82, 2.24) is 4.98 Å². The number of H-pyrrole nitrogens is 1. The predicted octanol–water partition coefficient (Wildman–Crippen LogP) is 0.493. The molecule has 0 spiro atoms. The largest absolute Gasteiger partial charge is 0.417 e. The first-order valence-electron chi connectivity index (χ1n) is 4.05. The molecule has 0 atom stereocenters. The van der Waals surface area contributed by atoms with Crippen LogP contribution in [0.5, 0.6) is 0 Å². The number of benzene rings is 1. The molecular formula is C8H8N2O4S. The summed E-state index contributed by atoms with van der Waals surface area (Å²) in [6.07, 6.45) is 1.05. The Hall–Kier alpha value is -1.76. The number of rotatable bonds is 2. The molecule has 0 saturated carbocycles. The third-order valence-corrected chi connectivity index (χ3v) is 2.33. The molecule has 0 unspecified atom stereocenters. The second kappa shape index (κ2) is 3.13. The van der Waals surface area contributed by atoms with Gasteiger partial charge >= 0.3 is 5.76 Å². The Morgan fingerprint density at radius 3 is 2.80 bits per heavy atom. The van der Waals surface area contributed by atoms with E-state index < -0.39 is 15.8 Å². The van der Waals surface area contributed by atoms with Crippen LogP contribution in [0.1, 0.15) is 0 Å². The zero-order valence-corrected chi connectivity index (χ0v) is 8.59. The Morgan fingerprint density at radius 1 is 1.40 bits per heavy atom. The van der Waals surface area contributed by atoms with Gasteiger partial charge in [0.05, 0.1) is 17.5 Å². The first-order valence-corrected chi connectivity index (χ1v) is 5.94. The van der Waals surface area contributed by atoms with Crippen LogP contribution in [-0.2, 0) is 10.0 Å². The molecule has 0 amide bonds. The van der Waals surface area contributed by atoms with Gasteiger partial charge in [-0.25, -0.2) is 13.2 Å². The summed E-state index contributed by atoms with van der Waals surface area (Å²) in [5.41, 5.74) is 1.19. The average Bonchev–Trinajstić information content (AvgIpc) is 2.40. The van der Waals surface area contributed by atoms with E-state index in [9.17, 15) is 13.2 Å². The lowest BCUT2D eigenvalue weighted by Gasteiger charge is -2.01. The second-order valence-corrected chi connectivity index (χ2v) is 4.85. The highest BCUT2D eigenvalue weighted by molar-refractivity contribution is 7.92. The maximum atomic E-state index is 10.9. The van der Waals surface area contributed by atoms with E-state index in [4.69, 9.17) is 4.42 Å². The topological polar surface area (TPSA) is 92.2 Å². The number of hydrogen-bond donors (Lipinski definition) is 2. The molecule has 2 rings (SSSR count). The van der Waals surface area contributed by atoms with Crippen molar-refractivity contribution in [2.75, 3.05) is 11.0 Å². The maximum absolute atomic E-state index is 10.9. The second-order valence-electron chi connectivity index (χ2n) is 3.10. The summed E-state index contributed by atoms with van der Waals surface area (Å²) in [7, 11) is -3.32. The van der Waals surface area contributed by atoms with Crippen LogP contribution in [0, 0.1) is 0 Å². The van der Waals surface area contributed by atoms with Crippen molar-refractivity contribution in [3.63, 3.8) is 0 Å². The van der Waals surface area contributed by atoms with E-state index >= 15 is 0 Å². The Labute approximate surface area is 85.0 Å². The van der Waals surface area contributed by atoms with Crippen LogP contribution < -0.4 is 10.5 Å². The van der Waals surface area contributed by atoms with Gasteiger partial charge in [-0.1, -0.05) is 0 Å². The van der Waals surface area contributed by atoms with Gasteiger partial charge < -0.3 is 4.42 Å². The van der Waals surface area contributed by atoms with Gasteiger partial charge in [0.15, 0.2) is 5.58 Å². The maximum Gasteiger partial charge on any atom is 0.417 e. The molecule has 6 nitrogen and oxygen atoms in total. The van der Waals surface area contributed by atoms with Crippen molar-refractivity contribution in [3.8, 4) is 0 Å². The van der Waals surface area contributed by atoms with E-state index in [2.05, 4.69) is 9.71 Å². The molecule has 0 fully saturated rings. The number of hydrogen-bond acceptors (Lipinski definition) is 4. The summed E-state index contributed by atoms with van der Waals surface area (Å²) < 4.78 is 28.9. The molecule has 0 bridgehead atoms. The molecular weight excluding hydrogens is 220 g/mol. The molecule has 7 heteroatoms. The number of aromatic nitrogens is 1. The number of aromatic amines is 1. The highest BCUT2D eigenvalue weighted by Gasteiger charge is 2.05. The Kier molecular flexibility index (Phi) is 2.04. The molecule has 0 saturated heterocycles. The van der Waals surface area contributed by atoms with Crippen molar-refractivity contribution in [2.45, 2.75) is 0 Å². The predicted molar refractivity (Wildman–Crippen MR) is 55.3 cm³/mol. The first-order chi connectivity index (χ1) is 6.94. The smallest absolute Gasteiger partial charge is 0.408 e. The fraction of sp³-hybridized carbons (Fsp3) is 0.125. The van der Waals surface area contributed by atoms with Crippen molar-refractivity contribution in [2.24, 2.45) is 0 Å². The number of fused-ring (bicyclic) bond motifs is 1. The minimum absolute atomic E-state index is 0.314. The minimum Gasteiger partial charge on any atom is -0.408 e. The fourth-order valence-electron chi connectivity index (χ4n) is 1.22. The van der Waals surface area contributed by atoms with E-state index in [1.807, 2.05) is 0 Å². The number of nitrogens with one attached hydrogen (secondary N) is 2. The standard InChI is InChI=1S/C8H8N2O4S/c1-15(12,13)10-5-2-3-6-7(4-5)14-8(11)9-6/h2-4,10H,1H3,(H,9,11). The Bertz CT molecular complexity index is 653. The van der Waals surface area contributed by atoms with Crippen LogP contribution in [0.25, 0.3) is 11.1 Å². The third-order valence-electron chi connectivity index (χ3n) is 1.72. The van der Waals surface area contributed by atoms with Crippen LogP contribution in [0.3, 0.4) is 0 Å². The quantitative estimate of drug-likeness (QED) is 0.782. The number of oxazole rings is 1. The normalized spacial score (nSPS) is 11.8. The molecule has 0 radical (unpaired) electrons. The van der Waals surface area contributed by atoms with Gasteiger partial charge in [0.25, 0.3) is 0 Å². The molecule has 0 aliphatic heterocycles. The minimum atomic E-state index is -3.32. The summed E-state index contributed by atoms with van der Waals surface area (Å²) in [6, 6.07) is 4.54. The summed E-state index contributed by atoms with van der Waals surface area (Å²) in [4.78, 5) is 13.3. The highest BCUT2D eigenvalue weighted by atomic mass is 32.2. The summed E-state index contributed by atoms with van der Waals surface area (Å²) >= 11 is 0. The van der Waals surface area contributed by atoms with E-state index in [1.165, 1.54) is 12.1 Å². The molecule has 80 valence electrons. The summed E-state index contributed by atoms with van der Waals surface area (Å²) in [5.74, 6) is -0.568. The molecule has 0 aliphatic carbocycles. The van der Waals surface area contributed by atoms with Gasteiger partial charge in [-0.3, -0.25) is 9.71 Å². The molecule has 1 aromatic carbocycles. The van der Waals surface area contributed by atoms with Crippen LogP contribution >= 0.6 is 0 Å². The molecule has 2 aromatic rings. The lowest BCUT2D eigenvalue weighted by molar-refractivity contribution is 0.555.